The molecule has 0 aliphatic heterocycles. The fourth-order valence-electron chi connectivity index (χ4n) is 1.70. The summed E-state index contributed by atoms with van der Waals surface area (Å²) in [5.74, 6) is 5.83. The zero-order chi connectivity index (χ0) is 11.7. The molecule has 1 aromatic rings. The molecule has 1 aliphatic carbocycles. The van der Waals surface area contributed by atoms with Crippen molar-refractivity contribution < 1.29 is 4.92 Å². The van der Waals surface area contributed by atoms with Gasteiger partial charge in [0.15, 0.2) is 0 Å². The van der Waals surface area contributed by atoms with E-state index in [2.05, 4.69) is 17.7 Å². The summed E-state index contributed by atoms with van der Waals surface area (Å²) in [6.45, 7) is 2.11. The van der Waals surface area contributed by atoms with Crippen LogP contribution >= 0.6 is 0 Å². The maximum Gasteiger partial charge on any atom is 0.316 e. The number of hydrogen-bond donors (Lipinski definition) is 3. The molecule has 1 fully saturated rings. The van der Waals surface area contributed by atoms with E-state index in [0.29, 0.717) is 23.3 Å². The van der Waals surface area contributed by atoms with E-state index in [0.717, 1.165) is 6.42 Å². The minimum atomic E-state index is -0.426. The summed E-state index contributed by atoms with van der Waals surface area (Å²) in [5.41, 5.74) is 3.19. The van der Waals surface area contributed by atoms with E-state index >= 15 is 0 Å². The third-order valence-electron chi connectivity index (χ3n) is 2.82. The molecule has 2 atom stereocenters. The van der Waals surface area contributed by atoms with Gasteiger partial charge in [-0.15, -0.1) is 0 Å². The van der Waals surface area contributed by atoms with Crippen LogP contribution < -0.4 is 16.6 Å². The summed E-state index contributed by atoms with van der Waals surface area (Å²) in [5, 5.41) is 14.1. The average molecular weight is 222 g/mol. The molecule has 6 nitrogen and oxygen atoms in total. The summed E-state index contributed by atoms with van der Waals surface area (Å²) >= 11 is 0. The largest absolute Gasteiger partial charge is 0.376 e. The van der Waals surface area contributed by atoms with Gasteiger partial charge in [0.1, 0.15) is 11.4 Å². The van der Waals surface area contributed by atoms with Crippen LogP contribution in [0.25, 0.3) is 0 Å². The van der Waals surface area contributed by atoms with Crippen molar-refractivity contribution in [2.75, 3.05) is 10.7 Å². The molecule has 1 aromatic carbocycles. The SMILES string of the molecule is CC1CC1Nc1cccc(NN)c1[N+](=O)[O-]. The third kappa shape index (κ3) is 1.92. The third-order valence-corrected chi connectivity index (χ3v) is 2.82. The van der Waals surface area contributed by atoms with Crippen molar-refractivity contribution in [2.24, 2.45) is 11.8 Å². The summed E-state index contributed by atoms with van der Waals surface area (Å²) < 4.78 is 0. The van der Waals surface area contributed by atoms with Crippen molar-refractivity contribution in [3.63, 3.8) is 0 Å². The quantitative estimate of drug-likeness (QED) is 0.409. The van der Waals surface area contributed by atoms with Gasteiger partial charge in [-0.2, -0.15) is 0 Å². The minimum Gasteiger partial charge on any atom is -0.376 e. The molecular formula is C10H14N4O2. The minimum absolute atomic E-state index is 0.00380. The van der Waals surface area contributed by atoms with Gasteiger partial charge in [-0.1, -0.05) is 13.0 Å². The molecule has 2 rings (SSSR count). The predicted octanol–water partition coefficient (Wildman–Crippen LogP) is 1.70. The van der Waals surface area contributed by atoms with E-state index in [1.807, 2.05) is 0 Å². The molecule has 6 heteroatoms. The molecule has 4 N–H and O–H groups in total. The van der Waals surface area contributed by atoms with Crippen LogP contribution in [0.4, 0.5) is 17.1 Å². The van der Waals surface area contributed by atoms with Gasteiger partial charge in [-0.3, -0.25) is 16.0 Å². The first-order valence-electron chi connectivity index (χ1n) is 5.14. The highest BCUT2D eigenvalue weighted by atomic mass is 16.6. The average Bonchev–Trinajstić information content (AvgIpc) is 2.93. The molecule has 1 saturated carbocycles. The van der Waals surface area contributed by atoms with Crippen LogP contribution in [0, 0.1) is 16.0 Å². The molecule has 0 radical (unpaired) electrons. The van der Waals surface area contributed by atoms with Gasteiger partial charge in [0.05, 0.1) is 4.92 Å². The summed E-state index contributed by atoms with van der Waals surface area (Å²) in [6.07, 6.45) is 1.05. The zero-order valence-electron chi connectivity index (χ0n) is 8.93. The fourth-order valence-corrected chi connectivity index (χ4v) is 1.70. The highest BCUT2D eigenvalue weighted by Crippen LogP contribution is 2.38. The number of anilines is 2. The summed E-state index contributed by atoms with van der Waals surface area (Å²) in [4.78, 5) is 10.5. The highest BCUT2D eigenvalue weighted by molar-refractivity contribution is 5.76. The molecule has 0 spiro atoms. The van der Waals surface area contributed by atoms with Crippen molar-refractivity contribution in [3.05, 3.63) is 28.3 Å². The topological polar surface area (TPSA) is 93.2 Å². The molecule has 16 heavy (non-hydrogen) atoms. The van der Waals surface area contributed by atoms with Crippen LogP contribution in [0.5, 0.6) is 0 Å². The lowest BCUT2D eigenvalue weighted by atomic mass is 10.2. The number of rotatable bonds is 4. The van der Waals surface area contributed by atoms with Gasteiger partial charge in [0.25, 0.3) is 0 Å². The van der Waals surface area contributed by atoms with E-state index < -0.39 is 4.92 Å². The Kier molecular flexibility index (Phi) is 2.66. The van der Waals surface area contributed by atoms with Crippen LogP contribution in [0.3, 0.4) is 0 Å². The van der Waals surface area contributed by atoms with E-state index in [4.69, 9.17) is 5.84 Å². The molecule has 0 saturated heterocycles. The van der Waals surface area contributed by atoms with Crippen molar-refractivity contribution in [2.45, 2.75) is 19.4 Å². The number of hydrogen-bond acceptors (Lipinski definition) is 5. The first-order valence-corrected chi connectivity index (χ1v) is 5.14. The summed E-state index contributed by atoms with van der Waals surface area (Å²) in [7, 11) is 0. The van der Waals surface area contributed by atoms with Crippen LogP contribution in [0.15, 0.2) is 18.2 Å². The van der Waals surface area contributed by atoms with Crippen molar-refractivity contribution >= 4 is 17.1 Å². The molecule has 1 aliphatic rings. The number of benzene rings is 1. The molecular weight excluding hydrogens is 208 g/mol. The van der Waals surface area contributed by atoms with E-state index in [1.165, 1.54) is 0 Å². The second kappa shape index (κ2) is 3.97. The van der Waals surface area contributed by atoms with Crippen LogP contribution in [0.1, 0.15) is 13.3 Å². The van der Waals surface area contributed by atoms with Crippen molar-refractivity contribution in [1.82, 2.24) is 0 Å². The van der Waals surface area contributed by atoms with Crippen LogP contribution in [0.2, 0.25) is 0 Å². The van der Waals surface area contributed by atoms with Crippen molar-refractivity contribution in [3.8, 4) is 0 Å². The number of hydrazine groups is 1. The number of nitro groups is 1. The Hall–Kier alpha value is -1.82. The smallest absolute Gasteiger partial charge is 0.316 e. The second-order valence-corrected chi connectivity index (χ2v) is 4.07. The maximum atomic E-state index is 11.0. The Morgan fingerprint density at radius 1 is 1.50 bits per heavy atom. The number of nitrogen functional groups attached to an aromatic ring is 1. The molecule has 2 unspecified atom stereocenters. The van der Waals surface area contributed by atoms with Crippen LogP contribution in [-0.4, -0.2) is 11.0 Å². The Morgan fingerprint density at radius 3 is 2.62 bits per heavy atom. The van der Waals surface area contributed by atoms with Gasteiger partial charge in [-0.25, -0.2) is 0 Å². The first-order chi connectivity index (χ1) is 7.63. The Morgan fingerprint density at radius 2 is 2.12 bits per heavy atom. The number of nitrogens with two attached hydrogens (primary N) is 1. The van der Waals surface area contributed by atoms with E-state index in [9.17, 15) is 10.1 Å². The molecule has 0 amide bonds. The highest BCUT2D eigenvalue weighted by Gasteiger charge is 2.34. The van der Waals surface area contributed by atoms with Gasteiger partial charge in [0, 0.05) is 6.04 Å². The lowest BCUT2D eigenvalue weighted by molar-refractivity contribution is -0.383. The molecule has 0 bridgehead atoms. The monoisotopic (exact) mass is 222 g/mol. The zero-order valence-corrected chi connectivity index (χ0v) is 8.93. The van der Waals surface area contributed by atoms with Gasteiger partial charge in [0.2, 0.25) is 0 Å². The number of nitro benzene ring substituents is 1. The first kappa shape index (κ1) is 10.7. The van der Waals surface area contributed by atoms with Gasteiger partial charge < -0.3 is 10.7 Å². The van der Waals surface area contributed by atoms with Gasteiger partial charge >= 0.3 is 5.69 Å². The van der Waals surface area contributed by atoms with Crippen LogP contribution in [-0.2, 0) is 0 Å². The standard InChI is InChI=1S/C10H14N4O2/c1-6-5-9(6)12-7-3-2-4-8(13-11)10(7)14(15)16/h2-4,6,9,12-13H,5,11H2,1H3. The van der Waals surface area contributed by atoms with Gasteiger partial charge in [-0.05, 0) is 24.5 Å². The number of nitrogens with zero attached hydrogens (tertiary/aromatic N) is 1. The lowest BCUT2D eigenvalue weighted by Crippen LogP contribution is -2.12. The maximum absolute atomic E-state index is 11.0. The summed E-state index contributed by atoms with van der Waals surface area (Å²) in [6, 6.07) is 5.35. The van der Waals surface area contributed by atoms with Crippen molar-refractivity contribution in [1.29, 1.82) is 0 Å². The van der Waals surface area contributed by atoms with E-state index in [1.54, 1.807) is 18.2 Å². The second-order valence-electron chi connectivity index (χ2n) is 4.07. The molecule has 86 valence electrons. The number of para-hydroxylation sites is 1. The predicted molar refractivity (Wildman–Crippen MR) is 62.1 cm³/mol. The Bertz CT molecular complexity index is 421. The van der Waals surface area contributed by atoms with E-state index in [-0.39, 0.29) is 5.69 Å². The Labute approximate surface area is 92.9 Å². The number of nitrogens with one attached hydrogen (secondary N) is 2. The lowest BCUT2D eigenvalue weighted by Gasteiger charge is -2.09. The molecule has 0 aromatic heterocycles. The Balaban J connectivity index is 2.31. The fraction of sp³-hybridized carbons (Fsp3) is 0.400. The molecule has 0 heterocycles. The normalized spacial score (nSPS) is 22.6.